The van der Waals surface area contributed by atoms with E-state index in [-0.39, 0.29) is 0 Å². The van der Waals surface area contributed by atoms with Gasteiger partial charge in [-0.2, -0.15) is 0 Å². The lowest BCUT2D eigenvalue weighted by molar-refractivity contribution is 1.04. The molecule has 0 unspecified atom stereocenters. The van der Waals surface area contributed by atoms with E-state index in [0.717, 1.165) is 17.8 Å². The summed E-state index contributed by atoms with van der Waals surface area (Å²) < 4.78 is 0. The molecule has 0 aromatic carbocycles. The summed E-state index contributed by atoms with van der Waals surface area (Å²) >= 11 is 4.92. The largest absolute Gasteiger partial charge is 0.383 e. The van der Waals surface area contributed by atoms with Gasteiger partial charge in [0.05, 0.1) is 4.99 Å². The molecule has 0 aliphatic heterocycles. The van der Waals surface area contributed by atoms with E-state index >= 15 is 0 Å². The van der Waals surface area contributed by atoms with Crippen molar-refractivity contribution in [3.8, 4) is 0 Å². The molecule has 0 fully saturated rings. The van der Waals surface area contributed by atoms with Gasteiger partial charge in [-0.3, -0.25) is 0 Å². The Morgan fingerprint density at radius 1 is 1.67 bits per heavy atom. The number of hydrogen-bond donors (Lipinski definition) is 1. The number of thiocarbonyl (C=S) groups is 1. The summed E-state index contributed by atoms with van der Waals surface area (Å²) in [5.41, 5.74) is 0. The van der Waals surface area contributed by atoms with Crippen molar-refractivity contribution < 1.29 is 0 Å². The molecule has 0 atom stereocenters. The molecule has 0 rings (SSSR count). The fourth-order valence-electron chi connectivity index (χ4n) is 0.506. The molecule has 0 saturated heterocycles. The van der Waals surface area contributed by atoms with Crippen molar-refractivity contribution >= 4 is 17.2 Å². The second kappa shape index (κ2) is 5.76. The van der Waals surface area contributed by atoms with Gasteiger partial charge in [-0.1, -0.05) is 24.4 Å². The van der Waals surface area contributed by atoms with E-state index in [2.05, 4.69) is 11.4 Å². The predicted octanol–water partition coefficient (Wildman–Crippen LogP) is 1.89. The SMILES string of the molecule is C/C=C/CCC(=S)NC. The summed E-state index contributed by atoms with van der Waals surface area (Å²) in [7, 11) is 1.86. The summed E-state index contributed by atoms with van der Waals surface area (Å²) in [5, 5.41) is 2.92. The maximum Gasteiger partial charge on any atom is 0.0753 e. The topological polar surface area (TPSA) is 12.0 Å². The van der Waals surface area contributed by atoms with Gasteiger partial charge >= 0.3 is 0 Å². The van der Waals surface area contributed by atoms with E-state index in [0.29, 0.717) is 0 Å². The highest BCUT2D eigenvalue weighted by Crippen LogP contribution is 1.91. The Hall–Kier alpha value is -0.370. The fraction of sp³-hybridized carbons (Fsp3) is 0.571. The third kappa shape index (κ3) is 5.50. The van der Waals surface area contributed by atoms with E-state index in [1.165, 1.54) is 0 Å². The molecule has 0 bridgehead atoms. The first-order valence-corrected chi connectivity index (χ1v) is 3.53. The summed E-state index contributed by atoms with van der Waals surface area (Å²) in [4.78, 5) is 0.938. The summed E-state index contributed by atoms with van der Waals surface area (Å²) in [6, 6.07) is 0. The Morgan fingerprint density at radius 3 is 2.78 bits per heavy atom. The van der Waals surface area contributed by atoms with Crippen LogP contribution in [0.5, 0.6) is 0 Å². The van der Waals surface area contributed by atoms with Crippen molar-refractivity contribution in [2.24, 2.45) is 0 Å². The van der Waals surface area contributed by atoms with Crippen molar-refractivity contribution in [3.63, 3.8) is 0 Å². The molecule has 1 nitrogen and oxygen atoms in total. The van der Waals surface area contributed by atoms with Gasteiger partial charge in [-0.05, 0) is 13.3 Å². The third-order valence-corrected chi connectivity index (χ3v) is 1.46. The van der Waals surface area contributed by atoms with Gasteiger partial charge in [0.15, 0.2) is 0 Å². The zero-order valence-electron chi connectivity index (χ0n) is 5.98. The van der Waals surface area contributed by atoms with Crippen LogP contribution in [0.3, 0.4) is 0 Å². The Morgan fingerprint density at radius 2 is 2.33 bits per heavy atom. The molecule has 0 radical (unpaired) electrons. The van der Waals surface area contributed by atoms with Gasteiger partial charge in [0.1, 0.15) is 0 Å². The van der Waals surface area contributed by atoms with Gasteiger partial charge < -0.3 is 5.32 Å². The molecule has 0 spiro atoms. The van der Waals surface area contributed by atoms with Crippen LogP contribution in [0.25, 0.3) is 0 Å². The number of allylic oxidation sites excluding steroid dienone is 2. The Balaban J connectivity index is 3.17. The first-order chi connectivity index (χ1) is 4.31. The second-order valence-corrected chi connectivity index (χ2v) is 2.27. The zero-order chi connectivity index (χ0) is 7.11. The first-order valence-electron chi connectivity index (χ1n) is 3.13. The van der Waals surface area contributed by atoms with E-state index < -0.39 is 0 Å². The maximum absolute atomic E-state index is 4.92. The molecule has 9 heavy (non-hydrogen) atoms. The second-order valence-electron chi connectivity index (χ2n) is 1.78. The summed E-state index contributed by atoms with van der Waals surface area (Å²) in [6.07, 6.45) is 6.17. The van der Waals surface area contributed by atoms with Crippen molar-refractivity contribution in [2.45, 2.75) is 19.8 Å². The smallest absolute Gasteiger partial charge is 0.0753 e. The molecule has 0 aliphatic rings. The maximum atomic E-state index is 4.92. The van der Waals surface area contributed by atoms with Crippen LogP contribution in [-0.4, -0.2) is 12.0 Å². The summed E-state index contributed by atoms with van der Waals surface area (Å²) in [5.74, 6) is 0. The van der Waals surface area contributed by atoms with Crippen molar-refractivity contribution in [2.75, 3.05) is 7.05 Å². The minimum Gasteiger partial charge on any atom is -0.383 e. The molecular weight excluding hydrogens is 130 g/mol. The van der Waals surface area contributed by atoms with Crippen LogP contribution in [-0.2, 0) is 0 Å². The van der Waals surface area contributed by atoms with Crippen LogP contribution in [0.2, 0.25) is 0 Å². The van der Waals surface area contributed by atoms with Gasteiger partial charge in [0.2, 0.25) is 0 Å². The lowest BCUT2D eigenvalue weighted by atomic mass is 10.3. The van der Waals surface area contributed by atoms with Crippen molar-refractivity contribution in [1.82, 2.24) is 5.32 Å². The van der Waals surface area contributed by atoms with Crippen LogP contribution in [0.15, 0.2) is 12.2 Å². The highest BCUT2D eigenvalue weighted by molar-refractivity contribution is 7.80. The third-order valence-electron chi connectivity index (χ3n) is 1.05. The predicted molar refractivity (Wildman–Crippen MR) is 45.7 cm³/mol. The molecule has 0 saturated carbocycles. The average molecular weight is 143 g/mol. The van der Waals surface area contributed by atoms with Crippen LogP contribution < -0.4 is 5.32 Å². The Kier molecular flexibility index (Phi) is 5.52. The number of hydrogen-bond acceptors (Lipinski definition) is 1. The molecule has 0 heterocycles. The van der Waals surface area contributed by atoms with Crippen LogP contribution in [0.4, 0.5) is 0 Å². The van der Waals surface area contributed by atoms with Gasteiger partial charge in [-0.25, -0.2) is 0 Å². The Bertz CT molecular complexity index is 107. The molecule has 0 aromatic heterocycles. The van der Waals surface area contributed by atoms with Gasteiger partial charge in [0, 0.05) is 13.5 Å². The van der Waals surface area contributed by atoms with E-state index in [1.54, 1.807) is 0 Å². The molecule has 0 amide bonds. The minimum atomic E-state index is 0.938. The quantitative estimate of drug-likeness (QED) is 0.478. The standard InChI is InChI=1S/C7H13NS/c1-3-4-5-6-7(9)8-2/h3-4H,5-6H2,1-2H3,(H,8,9)/b4-3+. The fourth-order valence-corrected chi connectivity index (χ4v) is 0.624. The summed E-state index contributed by atoms with van der Waals surface area (Å²) in [6.45, 7) is 2.02. The van der Waals surface area contributed by atoms with E-state index in [1.807, 2.05) is 20.0 Å². The first kappa shape index (κ1) is 8.63. The van der Waals surface area contributed by atoms with Crippen LogP contribution in [0.1, 0.15) is 19.8 Å². The zero-order valence-corrected chi connectivity index (χ0v) is 6.79. The monoisotopic (exact) mass is 143 g/mol. The molecular formula is C7H13NS. The van der Waals surface area contributed by atoms with Gasteiger partial charge in [-0.15, -0.1) is 0 Å². The van der Waals surface area contributed by atoms with Crippen molar-refractivity contribution in [1.29, 1.82) is 0 Å². The van der Waals surface area contributed by atoms with E-state index in [9.17, 15) is 0 Å². The molecule has 1 N–H and O–H groups in total. The van der Waals surface area contributed by atoms with Crippen molar-refractivity contribution in [3.05, 3.63) is 12.2 Å². The number of rotatable bonds is 3. The highest BCUT2D eigenvalue weighted by Gasteiger charge is 1.86. The van der Waals surface area contributed by atoms with E-state index in [4.69, 9.17) is 12.2 Å². The average Bonchev–Trinajstić information content (AvgIpc) is 1.89. The highest BCUT2D eigenvalue weighted by atomic mass is 32.1. The Labute approximate surface area is 62.1 Å². The lowest BCUT2D eigenvalue weighted by Crippen LogP contribution is -2.14. The number of nitrogens with one attached hydrogen (secondary N) is 1. The normalized spacial score (nSPS) is 10.0. The molecule has 0 aliphatic carbocycles. The van der Waals surface area contributed by atoms with Crippen LogP contribution in [0, 0.1) is 0 Å². The van der Waals surface area contributed by atoms with Gasteiger partial charge in [0.25, 0.3) is 0 Å². The lowest BCUT2D eigenvalue weighted by Gasteiger charge is -1.96. The van der Waals surface area contributed by atoms with Crippen LogP contribution >= 0.6 is 12.2 Å². The molecule has 52 valence electrons. The minimum absolute atomic E-state index is 0.938. The molecule has 0 aromatic rings. The molecule has 2 heteroatoms.